The topological polar surface area (TPSA) is 97.1 Å². The molecule has 2 fully saturated rings. The Hall–Kier alpha value is -1.92. The summed E-state index contributed by atoms with van der Waals surface area (Å²) in [6, 6.07) is 0.286. The van der Waals surface area contributed by atoms with Gasteiger partial charge in [0.1, 0.15) is 6.54 Å². The number of hydrogen-bond donors (Lipinski definition) is 2. The van der Waals surface area contributed by atoms with E-state index in [0.717, 1.165) is 12.3 Å². The maximum absolute atomic E-state index is 11.9. The van der Waals surface area contributed by atoms with Crippen molar-refractivity contribution in [3.05, 3.63) is 11.9 Å². The zero-order valence-corrected chi connectivity index (χ0v) is 10.5. The van der Waals surface area contributed by atoms with E-state index in [1.165, 1.54) is 30.1 Å². The van der Waals surface area contributed by atoms with Crippen molar-refractivity contribution < 1.29 is 14.7 Å². The number of carbonyl (C=O) groups is 2. The minimum absolute atomic E-state index is 0.0220. The highest BCUT2D eigenvalue weighted by Crippen LogP contribution is 2.44. The first-order valence-corrected chi connectivity index (χ1v) is 6.54. The number of aromatic nitrogens is 3. The van der Waals surface area contributed by atoms with Crippen LogP contribution >= 0.6 is 0 Å². The molecule has 102 valence electrons. The van der Waals surface area contributed by atoms with Gasteiger partial charge in [0.05, 0.1) is 6.20 Å². The number of rotatable bonds is 4. The number of carboxylic acid groups (broad SMARTS) is 1. The van der Waals surface area contributed by atoms with Crippen molar-refractivity contribution >= 4 is 11.9 Å². The maximum Gasteiger partial charge on any atom is 0.358 e. The van der Waals surface area contributed by atoms with Crippen molar-refractivity contribution in [2.75, 3.05) is 0 Å². The molecule has 0 saturated heterocycles. The van der Waals surface area contributed by atoms with Gasteiger partial charge in [-0.15, -0.1) is 5.10 Å². The van der Waals surface area contributed by atoms with Crippen molar-refractivity contribution in [3.63, 3.8) is 0 Å². The summed E-state index contributed by atoms with van der Waals surface area (Å²) in [5.74, 6) is 0.138. The summed E-state index contributed by atoms with van der Waals surface area (Å²) in [5, 5.41) is 18.8. The van der Waals surface area contributed by atoms with E-state index in [1.54, 1.807) is 0 Å². The van der Waals surface area contributed by atoms with Crippen LogP contribution in [0, 0.1) is 11.8 Å². The highest BCUT2D eigenvalue weighted by atomic mass is 16.4. The maximum atomic E-state index is 11.9. The van der Waals surface area contributed by atoms with Crippen LogP contribution in [0.15, 0.2) is 6.20 Å². The van der Waals surface area contributed by atoms with Gasteiger partial charge in [0, 0.05) is 6.04 Å². The van der Waals surface area contributed by atoms with E-state index in [9.17, 15) is 9.59 Å². The quantitative estimate of drug-likeness (QED) is 0.814. The highest BCUT2D eigenvalue weighted by molar-refractivity contribution is 5.84. The SMILES string of the molecule is O=C(Cn1cc(C(=O)O)nn1)NC1CC2CCC1C2. The minimum Gasteiger partial charge on any atom is -0.476 e. The molecule has 0 spiro atoms. The molecule has 19 heavy (non-hydrogen) atoms. The van der Waals surface area contributed by atoms with Gasteiger partial charge < -0.3 is 10.4 Å². The number of hydrogen-bond acceptors (Lipinski definition) is 4. The van der Waals surface area contributed by atoms with Gasteiger partial charge in [-0.3, -0.25) is 4.79 Å². The van der Waals surface area contributed by atoms with Gasteiger partial charge >= 0.3 is 5.97 Å². The molecule has 1 amide bonds. The van der Waals surface area contributed by atoms with Gasteiger partial charge in [0.25, 0.3) is 0 Å². The van der Waals surface area contributed by atoms with E-state index in [0.29, 0.717) is 5.92 Å². The molecule has 2 aliphatic rings. The molecule has 0 radical (unpaired) electrons. The van der Waals surface area contributed by atoms with Gasteiger partial charge in [-0.25, -0.2) is 9.48 Å². The second-order valence-electron chi connectivity index (χ2n) is 5.46. The molecular formula is C12H16N4O3. The van der Waals surface area contributed by atoms with Gasteiger partial charge in [-0.2, -0.15) is 0 Å². The predicted molar refractivity (Wildman–Crippen MR) is 64.4 cm³/mol. The molecule has 2 N–H and O–H groups in total. The van der Waals surface area contributed by atoms with E-state index in [4.69, 9.17) is 5.11 Å². The molecule has 1 aromatic heterocycles. The third-order valence-electron chi connectivity index (χ3n) is 4.15. The number of carboxylic acids is 1. The Balaban J connectivity index is 1.54. The second-order valence-corrected chi connectivity index (χ2v) is 5.46. The van der Waals surface area contributed by atoms with Crippen molar-refractivity contribution in [1.82, 2.24) is 20.3 Å². The first-order chi connectivity index (χ1) is 9.11. The van der Waals surface area contributed by atoms with Crippen molar-refractivity contribution in [2.24, 2.45) is 11.8 Å². The van der Waals surface area contributed by atoms with Gasteiger partial charge in [-0.1, -0.05) is 11.6 Å². The lowest BCUT2D eigenvalue weighted by molar-refractivity contribution is -0.122. The van der Waals surface area contributed by atoms with Crippen molar-refractivity contribution in [2.45, 2.75) is 38.3 Å². The summed E-state index contributed by atoms with van der Waals surface area (Å²) in [6.45, 7) is 0.0220. The summed E-state index contributed by atoms with van der Waals surface area (Å²) >= 11 is 0. The normalized spacial score (nSPS) is 28.5. The van der Waals surface area contributed by atoms with Crippen LogP contribution in [0.5, 0.6) is 0 Å². The van der Waals surface area contributed by atoms with E-state index >= 15 is 0 Å². The van der Waals surface area contributed by atoms with Crippen molar-refractivity contribution in [1.29, 1.82) is 0 Å². The fourth-order valence-electron chi connectivity index (χ4n) is 3.29. The molecule has 0 aromatic carbocycles. The lowest BCUT2D eigenvalue weighted by Crippen LogP contribution is -2.40. The third kappa shape index (κ3) is 2.45. The number of nitrogens with zero attached hydrogens (tertiary/aromatic N) is 3. The van der Waals surface area contributed by atoms with Crippen LogP contribution in [0.3, 0.4) is 0 Å². The standard InChI is InChI=1S/C12H16N4O3/c17-11(6-16-5-10(12(18)19)14-15-16)13-9-4-7-1-2-8(9)3-7/h5,7-9H,1-4,6H2,(H,13,17)(H,18,19). The lowest BCUT2D eigenvalue weighted by Gasteiger charge is -2.22. The zero-order valence-electron chi connectivity index (χ0n) is 10.5. The summed E-state index contributed by atoms with van der Waals surface area (Å²) in [5.41, 5.74) is -0.146. The summed E-state index contributed by atoms with van der Waals surface area (Å²) < 4.78 is 1.26. The number of fused-ring (bicyclic) bond motifs is 2. The first kappa shape index (κ1) is 12.1. The molecule has 3 atom stereocenters. The predicted octanol–water partition coefficient (Wildman–Crippen LogP) is 0.281. The van der Waals surface area contributed by atoms with Crippen LogP contribution in [0.2, 0.25) is 0 Å². The lowest BCUT2D eigenvalue weighted by atomic mass is 9.95. The Morgan fingerprint density at radius 1 is 1.42 bits per heavy atom. The van der Waals surface area contributed by atoms with E-state index in [1.807, 2.05) is 0 Å². The molecule has 3 rings (SSSR count). The van der Waals surface area contributed by atoms with Crippen LogP contribution < -0.4 is 5.32 Å². The Kier molecular flexibility index (Phi) is 2.96. The number of carbonyl (C=O) groups excluding carboxylic acids is 1. The Morgan fingerprint density at radius 3 is 2.84 bits per heavy atom. The Morgan fingerprint density at radius 2 is 2.26 bits per heavy atom. The smallest absolute Gasteiger partial charge is 0.358 e. The van der Waals surface area contributed by atoms with Crippen LogP contribution in [-0.2, 0) is 11.3 Å². The fraction of sp³-hybridized carbons (Fsp3) is 0.667. The average Bonchev–Trinajstić information content (AvgIpc) is 3.03. The Bertz CT molecular complexity index is 513. The van der Waals surface area contributed by atoms with Gasteiger partial charge in [-0.05, 0) is 31.1 Å². The molecule has 3 unspecified atom stereocenters. The summed E-state index contributed by atoms with van der Waals surface area (Å²) in [4.78, 5) is 22.5. The first-order valence-electron chi connectivity index (χ1n) is 6.54. The third-order valence-corrected chi connectivity index (χ3v) is 4.15. The van der Waals surface area contributed by atoms with E-state index < -0.39 is 5.97 Å². The fourth-order valence-corrected chi connectivity index (χ4v) is 3.29. The monoisotopic (exact) mass is 264 g/mol. The molecule has 1 aromatic rings. The number of amides is 1. The summed E-state index contributed by atoms with van der Waals surface area (Å²) in [6.07, 6.45) is 6.08. The molecule has 0 aliphatic heterocycles. The molecule has 1 heterocycles. The number of aromatic carboxylic acids is 1. The second kappa shape index (κ2) is 4.64. The largest absolute Gasteiger partial charge is 0.476 e. The Labute approximate surface area is 110 Å². The minimum atomic E-state index is -1.14. The van der Waals surface area contributed by atoms with E-state index in [-0.39, 0.29) is 24.2 Å². The number of nitrogens with one attached hydrogen (secondary N) is 1. The van der Waals surface area contributed by atoms with Crippen molar-refractivity contribution in [3.8, 4) is 0 Å². The van der Waals surface area contributed by atoms with Gasteiger partial charge in [0.2, 0.25) is 5.91 Å². The average molecular weight is 264 g/mol. The van der Waals surface area contributed by atoms with Crippen LogP contribution in [0.25, 0.3) is 0 Å². The zero-order chi connectivity index (χ0) is 13.4. The highest BCUT2D eigenvalue weighted by Gasteiger charge is 2.40. The molecule has 7 heteroatoms. The molecule has 2 aliphatic carbocycles. The molecule has 2 saturated carbocycles. The molecular weight excluding hydrogens is 248 g/mol. The molecule has 2 bridgehead atoms. The summed E-state index contributed by atoms with van der Waals surface area (Å²) in [7, 11) is 0. The van der Waals surface area contributed by atoms with Crippen LogP contribution in [0.4, 0.5) is 0 Å². The van der Waals surface area contributed by atoms with Crippen LogP contribution in [-0.4, -0.2) is 38.0 Å². The van der Waals surface area contributed by atoms with E-state index in [2.05, 4.69) is 15.6 Å². The van der Waals surface area contributed by atoms with Gasteiger partial charge in [0.15, 0.2) is 5.69 Å². The van der Waals surface area contributed by atoms with Crippen LogP contribution in [0.1, 0.15) is 36.2 Å². The molecule has 7 nitrogen and oxygen atoms in total.